The van der Waals surface area contributed by atoms with E-state index in [1.54, 1.807) is 18.1 Å². The molecule has 2 fully saturated rings. The largest absolute Gasteiger partial charge is 0.369 e. The number of aromatic nitrogens is 5. The average molecular weight is 531 g/mol. The minimum atomic E-state index is 0.187. The lowest BCUT2D eigenvalue weighted by Crippen LogP contribution is -2.32. The van der Waals surface area contributed by atoms with Crippen molar-refractivity contribution in [1.82, 2.24) is 25.1 Å². The smallest absolute Gasteiger partial charge is 0.185 e. The predicted octanol–water partition coefficient (Wildman–Crippen LogP) is 5.07. The lowest BCUT2D eigenvalue weighted by Gasteiger charge is -2.29. The molecule has 9 nitrogen and oxygen atoms in total. The van der Waals surface area contributed by atoms with E-state index in [1.807, 2.05) is 31.3 Å². The third kappa shape index (κ3) is 6.01. The molecular formula is C28H34N8OS. The normalized spacial score (nSPS) is 16.3. The first-order valence-electron chi connectivity index (χ1n) is 13.2. The summed E-state index contributed by atoms with van der Waals surface area (Å²) in [6, 6.07) is 6.34. The average Bonchev–Trinajstić information content (AvgIpc) is 3.84. The van der Waals surface area contributed by atoms with E-state index in [2.05, 4.69) is 61.3 Å². The molecule has 1 N–H and O–H groups in total. The Bertz CT molecular complexity index is 1320. The molecule has 198 valence electrons. The van der Waals surface area contributed by atoms with Crippen LogP contribution in [0.1, 0.15) is 62.5 Å². The molecule has 0 amide bonds. The standard InChI is InChI=1S/C28H34N8OS/c1-5-38-22-11-10-21(29-14-22)13-30-25(15-37)33-28-24(36(4)18(3)19-6-7-19)12-23(34-35-28)26-17(2)31-16-32-27(26)20-8-9-20/h10-12,14-16,18-20H,5-9,13H2,1-4H3,(H,30,33,35). The van der Waals surface area contributed by atoms with E-state index in [9.17, 15) is 4.79 Å². The van der Waals surface area contributed by atoms with E-state index in [0.717, 1.165) is 57.5 Å². The van der Waals surface area contributed by atoms with Gasteiger partial charge in [0.05, 0.1) is 35.0 Å². The molecule has 10 heteroatoms. The van der Waals surface area contributed by atoms with E-state index in [1.165, 1.54) is 12.8 Å². The fourth-order valence-electron chi connectivity index (χ4n) is 4.60. The van der Waals surface area contributed by atoms with Gasteiger partial charge < -0.3 is 10.2 Å². The highest BCUT2D eigenvalue weighted by atomic mass is 32.2. The number of anilines is 2. The highest BCUT2D eigenvalue weighted by molar-refractivity contribution is 7.99. The number of thioether (sulfide) groups is 1. The number of hydrogen-bond acceptors (Lipinski definition) is 9. The van der Waals surface area contributed by atoms with Crippen LogP contribution in [0.15, 0.2) is 40.6 Å². The second-order valence-corrected chi connectivity index (χ2v) is 11.3. The molecule has 3 aromatic rings. The van der Waals surface area contributed by atoms with Crippen LogP contribution >= 0.6 is 11.8 Å². The number of nitrogens with zero attached hydrogens (tertiary/aromatic N) is 7. The van der Waals surface area contributed by atoms with E-state index < -0.39 is 0 Å². The first kappa shape index (κ1) is 26.2. The molecule has 1 atom stereocenters. The van der Waals surface area contributed by atoms with Crippen LogP contribution in [0.5, 0.6) is 0 Å². The van der Waals surface area contributed by atoms with Crippen LogP contribution in [0.2, 0.25) is 0 Å². The van der Waals surface area contributed by atoms with Crippen LogP contribution in [0.25, 0.3) is 11.3 Å². The van der Waals surface area contributed by atoms with Crippen molar-refractivity contribution in [3.05, 3.63) is 47.8 Å². The molecule has 3 heterocycles. The van der Waals surface area contributed by atoms with Crippen molar-refractivity contribution < 1.29 is 4.79 Å². The van der Waals surface area contributed by atoms with Gasteiger partial charge >= 0.3 is 0 Å². The number of pyridine rings is 1. The summed E-state index contributed by atoms with van der Waals surface area (Å²) >= 11 is 1.74. The highest BCUT2D eigenvalue weighted by Gasteiger charge is 2.33. The van der Waals surface area contributed by atoms with Gasteiger partial charge in [0.1, 0.15) is 6.33 Å². The zero-order chi connectivity index (χ0) is 26.6. The fourth-order valence-corrected chi connectivity index (χ4v) is 5.23. The molecule has 0 aromatic carbocycles. The minimum Gasteiger partial charge on any atom is -0.369 e. The zero-order valence-electron chi connectivity index (χ0n) is 22.4. The number of aliphatic imine (C=N–C) groups is 1. The van der Waals surface area contributed by atoms with Crippen LogP contribution in [-0.2, 0) is 11.3 Å². The number of carbonyl (C=O) groups is 1. The SMILES string of the molecule is CCSc1ccc(CN=C(C=O)Nc2nnc(-c3c(C)ncnc3C3CC3)cc2N(C)C(C)C2CC2)nc1. The molecule has 2 aliphatic carbocycles. The third-order valence-electron chi connectivity index (χ3n) is 7.23. The Morgan fingerprint density at radius 2 is 2.03 bits per heavy atom. The van der Waals surface area contributed by atoms with Gasteiger partial charge in [0.15, 0.2) is 17.9 Å². The van der Waals surface area contributed by atoms with Crippen molar-refractivity contribution in [2.75, 3.05) is 23.0 Å². The third-order valence-corrected chi connectivity index (χ3v) is 8.10. The second kappa shape index (κ2) is 11.6. The maximum Gasteiger partial charge on any atom is 0.185 e. The zero-order valence-corrected chi connectivity index (χ0v) is 23.2. The van der Waals surface area contributed by atoms with E-state index >= 15 is 0 Å². The number of amidine groups is 1. The van der Waals surface area contributed by atoms with E-state index in [4.69, 9.17) is 0 Å². The summed E-state index contributed by atoms with van der Waals surface area (Å²) in [7, 11) is 2.07. The molecule has 3 aromatic heterocycles. The first-order chi connectivity index (χ1) is 18.5. The van der Waals surface area contributed by atoms with Crippen LogP contribution in [-0.4, -0.2) is 56.1 Å². The Morgan fingerprint density at radius 1 is 1.21 bits per heavy atom. The molecular weight excluding hydrogens is 496 g/mol. The van der Waals surface area contributed by atoms with Gasteiger partial charge in [-0.25, -0.2) is 9.97 Å². The minimum absolute atomic E-state index is 0.187. The van der Waals surface area contributed by atoms with Crippen LogP contribution < -0.4 is 10.2 Å². The second-order valence-electron chi connectivity index (χ2n) is 10.0. The molecule has 38 heavy (non-hydrogen) atoms. The lowest BCUT2D eigenvalue weighted by molar-refractivity contribution is -0.102. The molecule has 5 rings (SSSR count). The van der Waals surface area contributed by atoms with Gasteiger partial charge in [0, 0.05) is 35.7 Å². The van der Waals surface area contributed by atoms with Crippen molar-refractivity contribution in [2.24, 2.45) is 10.9 Å². The topological polar surface area (TPSA) is 109 Å². The number of carbonyl (C=O) groups excluding carboxylic acids is 1. The van der Waals surface area contributed by atoms with Crippen LogP contribution in [0.4, 0.5) is 11.5 Å². The van der Waals surface area contributed by atoms with E-state index in [-0.39, 0.29) is 5.84 Å². The Labute approximate surface area is 228 Å². The monoisotopic (exact) mass is 530 g/mol. The van der Waals surface area contributed by atoms with Gasteiger partial charge in [0.25, 0.3) is 0 Å². The number of rotatable bonds is 11. The summed E-state index contributed by atoms with van der Waals surface area (Å²) in [4.78, 5) is 33.3. The Morgan fingerprint density at radius 3 is 2.68 bits per heavy atom. The Balaban J connectivity index is 1.45. The molecule has 0 bridgehead atoms. The summed E-state index contributed by atoms with van der Waals surface area (Å²) in [5.74, 6) is 2.78. The van der Waals surface area contributed by atoms with Gasteiger partial charge in [-0.15, -0.1) is 22.0 Å². The molecule has 0 radical (unpaired) electrons. The van der Waals surface area contributed by atoms with Crippen molar-refractivity contribution in [3.8, 4) is 11.3 Å². The van der Waals surface area contributed by atoms with E-state index in [0.29, 0.717) is 36.5 Å². The first-order valence-corrected chi connectivity index (χ1v) is 14.2. The number of aryl methyl sites for hydroxylation is 1. The summed E-state index contributed by atoms with van der Waals surface area (Å²) < 4.78 is 0. The fraction of sp³-hybridized carbons (Fsp3) is 0.464. The maximum absolute atomic E-state index is 12.0. The summed E-state index contributed by atoms with van der Waals surface area (Å²) in [6.45, 7) is 6.62. The van der Waals surface area contributed by atoms with Crippen LogP contribution in [0.3, 0.4) is 0 Å². The molecule has 1 unspecified atom stereocenters. The van der Waals surface area contributed by atoms with Gasteiger partial charge in [-0.05, 0) is 69.4 Å². The Hall–Kier alpha value is -3.40. The van der Waals surface area contributed by atoms with Crippen molar-refractivity contribution in [1.29, 1.82) is 0 Å². The van der Waals surface area contributed by atoms with Gasteiger partial charge in [-0.3, -0.25) is 14.8 Å². The maximum atomic E-state index is 12.0. The predicted molar refractivity (Wildman–Crippen MR) is 152 cm³/mol. The number of hydrogen-bond donors (Lipinski definition) is 1. The molecule has 0 spiro atoms. The summed E-state index contributed by atoms with van der Waals surface area (Å²) in [5.41, 5.74) is 5.31. The Kier molecular flexibility index (Phi) is 7.97. The van der Waals surface area contributed by atoms with Gasteiger partial charge in [-0.2, -0.15) is 0 Å². The molecule has 0 saturated heterocycles. The molecule has 2 aliphatic rings. The number of nitrogens with one attached hydrogen (secondary N) is 1. The van der Waals surface area contributed by atoms with Crippen molar-refractivity contribution in [3.63, 3.8) is 0 Å². The van der Waals surface area contributed by atoms with Crippen molar-refractivity contribution >= 4 is 35.4 Å². The van der Waals surface area contributed by atoms with Gasteiger partial charge in [0.2, 0.25) is 0 Å². The van der Waals surface area contributed by atoms with Crippen molar-refractivity contribution in [2.45, 2.75) is 69.9 Å². The number of aldehydes is 1. The summed E-state index contributed by atoms with van der Waals surface area (Å²) in [6.07, 6.45) is 8.91. The molecule has 0 aliphatic heterocycles. The highest BCUT2D eigenvalue weighted by Crippen LogP contribution is 2.44. The van der Waals surface area contributed by atoms with Crippen LogP contribution in [0, 0.1) is 12.8 Å². The molecule has 2 saturated carbocycles. The lowest BCUT2D eigenvalue weighted by atomic mass is 10.0. The summed E-state index contributed by atoms with van der Waals surface area (Å²) in [5, 5.41) is 12.3. The quantitative estimate of drug-likeness (QED) is 0.157. The van der Waals surface area contributed by atoms with Gasteiger partial charge in [-0.1, -0.05) is 6.92 Å².